The molecule has 6 rings (SSSR count). The molecule has 1 saturated heterocycles. The maximum Gasteiger partial charge on any atom is 0.298 e. The van der Waals surface area contributed by atoms with Crippen molar-refractivity contribution in [2.24, 2.45) is 0 Å². The number of fused-ring (bicyclic) bond motifs is 1. The van der Waals surface area contributed by atoms with Gasteiger partial charge in [-0.3, -0.25) is 19.0 Å². The highest BCUT2D eigenvalue weighted by atomic mass is 19.1. The topological polar surface area (TPSA) is 96.8 Å². The number of aromatic nitrogens is 2. The van der Waals surface area contributed by atoms with Gasteiger partial charge >= 0.3 is 0 Å². The Morgan fingerprint density at radius 1 is 0.927 bits per heavy atom. The molecule has 2 aliphatic rings. The highest BCUT2D eigenvalue weighted by Crippen LogP contribution is 2.30. The molecule has 3 heterocycles. The average Bonchev–Trinajstić information content (AvgIpc) is 3.63. The number of nitrogens with one attached hydrogen (secondary N) is 1. The Morgan fingerprint density at radius 2 is 1.68 bits per heavy atom. The molecule has 41 heavy (non-hydrogen) atoms. The number of halogens is 1. The quantitative estimate of drug-likeness (QED) is 0.352. The van der Waals surface area contributed by atoms with E-state index in [9.17, 15) is 18.8 Å². The molecule has 0 saturated carbocycles. The van der Waals surface area contributed by atoms with Gasteiger partial charge in [-0.2, -0.15) is 0 Å². The summed E-state index contributed by atoms with van der Waals surface area (Å²) in [4.78, 5) is 47.7. The molecule has 0 bridgehead atoms. The zero-order valence-electron chi connectivity index (χ0n) is 22.3. The summed E-state index contributed by atoms with van der Waals surface area (Å²) < 4.78 is 21.6. The molecule has 4 aromatic rings. The van der Waals surface area contributed by atoms with Crippen molar-refractivity contribution in [3.63, 3.8) is 0 Å². The zero-order chi connectivity index (χ0) is 28.3. The number of carbonyl (C=O) groups is 2. The van der Waals surface area contributed by atoms with E-state index in [0.717, 1.165) is 11.3 Å². The van der Waals surface area contributed by atoms with Gasteiger partial charge in [0.2, 0.25) is 17.6 Å². The molecule has 9 nitrogen and oxygen atoms in total. The van der Waals surface area contributed by atoms with Gasteiger partial charge in [-0.1, -0.05) is 54.6 Å². The molecule has 208 valence electrons. The van der Waals surface area contributed by atoms with E-state index in [1.807, 2.05) is 65.6 Å². The summed E-state index contributed by atoms with van der Waals surface area (Å²) in [6.07, 6.45) is 1.08. The van der Waals surface area contributed by atoms with E-state index >= 15 is 0 Å². The van der Waals surface area contributed by atoms with Gasteiger partial charge in [0.05, 0.1) is 5.69 Å². The molecule has 1 aromatic heterocycles. The molecule has 0 radical (unpaired) electrons. The van der Waals surface area contributed by atoms with E-state index in [1.165, 1.54) is 21.6 Å². The Morgan fingerprint density at radius 3 is 2.41 bits per heavy atom. The van der Waals surface area contributed by atoms with Crippen LogP contribution in [0.2, 0.25) is 0 Å². The summed E-state index contributed by atoms with van der Waals surface area (Å²) in [5.41, 5.74) is 2.10. The Bertz CT molecular complexity index is 1660. The number of hydrogen-bond acceptors (Lipinski definition) is 6. The summed E-state index contributed by atoms with van der Waals surface area (Å²) >= 11 is 0. The second-order valence-electron chi connectivity index (χ2n) is 9.91. The highest BCUT2D eigenvalue weighted by Gasteiger charge is 2.30. The molecule has 0 atom stereocenters. The summed E-state index contributed by atoms with van der Waals surface area (Å²) in [6.45, 7) is 1.47. The van der Waals surface area contributed by atoms with Crippen LogP contribution in [0, 0.1) is 5.82 Å². The first kappa shape index (κ1) is 26.2. The second kappa shape index (κ2) is 11.2. The first-order valence-electron chi connectivity index (χ1n) is 13.5. The number of benzene rings is 3. The van der Waals surface area contributed by atoms with Crippen molar-refractivity contribution in [2.75, 3.05) is 22.9 Å². The third-order valence-corrected chi connectivity index (χ3v) is 7.26. The Hall–Kier alpha value is -4.99. The predicted molar refractivity (Wildman–Crippen MR) is 152 cm³/mol. The highest BCUT2D eigenvalue weighted by molar-refractivity contribution is 5.97. The van der Waals surface area contributed by atoms with Gasteiger partial charge in [0.15, 0.2) is 5.69 Å². The van der Waals surface area contributed by atoms with Crippen LogP contribution in [0.15, 0.2) is 83.7 Å². The van der Waals surface area contributed by atoms with Crippen molar-refractivity contribution in [1.29, 1.82) is 0 Å². The molecule has 1 N–H and O–H groups in total. The fourth-order valence-corrected chi connectivity index (χ4v) is 5.20. The molecule has 2 amide bonds. The number of amides is 2. The summed E-state index contributed by atoms with van der Waals surface area (Å²) in [5.74, 6) is -0.964. The van der Waals surface area contributed by atoms with Crippen LogP contribution in [-0.4, -0.2) is 34.5 Å². The van der Waals surface area contributed by atoms with Crippen molar-refractivity contribution in [2.45, 2.75) is 32.5 Å². The first-order chi connectivity index (χ1) is 20.0. The van der Waals surface area contributed by atoms with Crippen LogP contribution >= 0.6 is 0 Å². The summed E-state index contributed by atoms with van der Waals surface area (Å²) in [5, 5.41) is 2.82. The summed E-state index contributed by atoms with van der Waals surface area (Å²) in [6, 6.07) is 23.0. The largest absolute Gasteiger partial charge is 0.481 e. The smallest absolute Gasteiger partial charge is 0.298 e. The molecule has 1 fully saturated rings. The fourth-order valence-electron chi connectivity index (χ4n) is 5.20. The van der Waals surface area contributed by atoms with Gasteiger partial charge in [0, 0.05) is 38.3 Å². The number of hydrogen-bond donors (Lipinski definition) is 1. The third-order valence-electron chi connectivity index (χ3n) is 7.26. The van der Waals surface area contributed by atoms with E-state index < -0.39 is 17.3 Å². The van der Waals surface area contributed by atoms with Crippen molar-refractivity contribution in [3.8, 4) is 5.75 Å². The van der Waals surface area contributed by atoms with Gasteiger partial charge in [-0.25, -0.2) is 9.37 Å². The minimum atomic E-state index is -0.614. The van der Waals surface area contributed by atoms with Gasteiger partial charge in [0.25, 0.3) is 11.5 Å². The number of carbonyl (C=O) groups excluding carboxylic acids is 2. The normalized spacial score (nSPS) is 14.3. The van der Waals surface area contributed by atoms with E-state index in [4.69, 9.17) is 4.74 Å². The SMILES string of the molecule is O=C(NCc1ccc(F)cc1N1CCCC1=O)c1nc2n(c(=O)c1OCc1ccccc1)CCN2c1ccccc1. The number of nitrogens with zero attached hydrogens (tertiary/aromatic N) is 4. The van der Waals surface area contributed by atoms with Crippen LogP contribution in [-0.2, 0) is 24.5 Å². The van der Waals surface area contributed by atoms with Gasteiger partial charge in [-0.15, -0.1) is 0 Å². The third kappa shape index (κ3) is 5.28. The Balaban J connectivity index is 1.33. The number of ether oxygens (including phenoxy) is 1. The number of rotatable bonds is 8. The average molecular weight is 554 g/mol. The maximum atomic E-state index is 14.1. The first-order valence-corrected chi connectivity index (χ1v) is 13.5. The molecule has 3 aromatic carbocycles. The Kier molecular flexibility index (Phi) is 7.20. The lowest BCUT2D eigenvalue weighted by atomic mass is 10.1. The lowest BCUT2D eigenvalue weighted by Crippen LogP contribution is -2.32. The Labute approximate surface area is 235 Å². The monoisotopic (exact) mass is 553 g/mol. The lowest BCUT2D eigenvalue weighted by Gasteiger charge is -2.21. The molecule has 0 spiro atoms. The molecular weight excluding hydrogens is 525 g/mol. The fraction of sp³-hybridized carbons (Fsp3) is 0.226. The van der Waals surface area contributed by atoms with Crippen molar-refractivity contribution in [1.82, 2.24) is 14.9 Å². The van der Waals surface area contributed by atoms with E-state index in [0.29, 0.717) is 49.7 Å². The van der Waals surface area contributed by atoms with Crippen molar-refractivity contribution >= 4 is 29.1 Å². The predicted octanol–water partition coefficient (Wildman–Crippen LogP) is 4.17. The lowest BCUT2D eigenvalue weighted by molar-refractivity contribution is -0.117. The number of anilines is 3. The van der Waals surface area contributed by atoms with Gasteiger partial charge < -0.3 is 19.9 Å². The van der Waals surface area contributed by atoms with Crippen LogP contribution in [0.4, 0.5) is 21.7 Å². The summed E-state index contributed by atoms with van der Waals surface area (Å²) in [7, 11) is 0. The van der Waals surface area contributed by atoms with E-state index in [2.05, 4.69) is 10.3 Å². The molecular formula is C31H28FN5O4. The van der Waals surface area contributed by atoms with Gasteiger partial charge in [-0.05, 0) is 41.8 Å². The minimum Gasteiger partial charge on any atom is -0.481 e. The molecule has 0 unspecified atom stereocenters. The maximum absolute atomic E-state index is 14.1. The minimum absolute atomic E-state index is 0.00114. The standard InChI is InChI=1S/C31H28FN5O4/c32-23-14-13-22(25(18-23)36-15-7-12-26(36)38)19-33-29(39)27-28(41-20-21-8-3-1-4-9-21)30(40)37-17-16-35(31(37)34-27)24-10-5-2-6-11-24/h1-6,8-11,13-14,18H,7,12,15-17,19-20H2,(H,33,39). The zero-order valence-corrected chi connectivity index (χ0v) is 22.3. The van der Waals surface area contributed by atoms with Crippen LogP contribution in [0.1, 0.15) is 34.5 Å². The molecule has 10 heteroatoms. The van der Waals surface area contributed by atoms with E-state index in [-0.39, 0.29) is 30.5 Å². The van der Waals surface area contributed by atoms with Crippen molar-refractivity contribution < 1.29 is 18.7 Å². The number of para-hydroxylation sites is 1. The molecule has 0 aliphatic carbocycles. The van der Waals surface area contributed by atoms with Crippen molar-refractivity contribution in [3.05, 3.63) is 112 Å². The second-order valence-corrected chi connectivity index (χ2v) is 9.91. The van der Waals surface area contributed by atoms with E-state index in [1.54, 1.807) is 6.07 Å². The van der Waals surface area contributed by atoms with Crippen LogP contribution < -0.4 is 25.4 Å². The van der Waals surface area contributed by atoms with Crippen LogP contribution in [0.5, 0.6) is 5.75 Å². The van der Waals surface area contributed by atoms with Crippen LogP contribution in [0.25, 0.3) is 0 Å². The molecule has 2 aliphatic heterocycles. The van der Waals surface area contributed by atoms with Crippen LogP contribution in [0.3, 0.4) is 0 Å². The van der Waals surface area contributed by atoms with Gasteiger partial charge in [0.1, 0.15) is 12.4 Å².